The van der Waals surface area contributed by atoms with Gasteiger partial charge in [-0.25, -0.2) is 39.5 Å². The van der Waals surface area contributed by atoms with Gasteiger partial charge in [0.15, 0.2) is 29.1 Å². The molecule has 0 spiro atoms. The lowest BCUT2D eigenvalue weighted by Crippen LogP contribution is -2.56. The number of nitrogens with zero attached hydrogens (tertiary/aromatic N) is 12. The number of fused-ring (bicyclic) bond motifs is 8. The third kappa shape index (κ3) is 12.6. The Labute approximate surface area is 459 Å². The molecular weight excluding hydrogens is 1070 g/mol. The number of benzene rings is 2. The molecule has 4 atom stereocenters. The SMILES string of the molecule is Cc1nc(-c2cccc(C(F)(F)F)c2)nc2c1N1CCC[C@@H](C1)N2C(=O)Nc1nccc(OC[C@H](O)CO)n1.Cc1nc(-c2cccc(C(F)(F)F)c2)nc2c1N1CCC[C@@H](C1)N2C(=O)Nc1nccc(OC[C@H]2COC(C)(C)O2)n1. The second-order valence-electron chi connectivity index (χ2n) is 20.2. The van der Waals surface area contributed by atoms with Crippen LogP contribution in [-0.2, 0) is 21.8 Å². The van der Waals surface area contributed by atoms with Gasteiger partial charge < -0.3 is 39.0 Å². The van der Waals surface area contributed by atoms with E-state index in [1.165, 1.54) is 47.6 Å². The second-order valence-corrected chi connectivity index (χ2v) is 20.2. The average molecular weight is 1130 g/mol. The maximum atomic E-state index is 13.8. The van der Waals surface area contributed by atoms with Gasteiger partial charge in [0, 0.05) is 61.8 Å². The number of hydrogen-bond acceptors (Lipinski definition) is 18. The molecule has 4 amide bonds. The molecule has 22 nitrogen and oxygen atoms in total. The normalized spacial score (nSPS) is 19.4. The van der Waals surface area contributed by atoms with Crippen LogP contribution in [0.1, 0.15) is 62.0 Å². The largest absolute Gasteiger partial charge is 0.475 e. The Bertz CT molecular complexity index is 3300. The Balaban J connectivity index is 0.000000182. The molecule has 4 aromatic heterocycles. The minimum Gasteiger partial charge on any atom is -0.475 e. The number of alkyl halides is 6. The third-order valence-corrected chi connectivity index (χ3v) is 13.8. The van der Waals surface area contributed by atoms with Gasteiger partial charge >= 0.3 is 24.4 Å². The zero-order valence-corrected chi connectivity index (χ0v) is 44.2. The van der Waals surface area contributed by atoms with Crippen LogP contribution in [0.15, 0.2) is 73.1 Å². The lowest BCUT2D eigenvalue weighted by Gasteiger charge is -2.46. The van der Waals surface area contributed by atoms with Crippen LogP contribution in [0.5, 0.6) is 11.8 Å². The van der Waals surface area contributed by atoms with E-state index >= 15 is 0 Å². The van der Waals surface area contributed by atoms with Crippen LogP contribution in [-0.4, -0.2) is 145 Å². The summed E-state index contributed by atoms with van der Waals surface area (Å²) in [6, 6.07) is 11.1. The lowest BCUT2D eigenvalue weighted by atomic mass is 9.99. The first-order valence-corrected chi connectivity index (χ1v) is 26.0. The van der Waals surface area contributed by atoms with Gasteiger partial charge in [-0.1, -0.05) is 24.3 Å². The third-order valence-electron chi connectivity index (χ3n) is 13.8. The van der Waals surface area contributed by atoms with Gasteiger partial charge in [-0.2, -0.15) is 36.3 Å². The van der Waals surface area contributed by atoms with E-state index in [1.807, 2.05) is 13.8 Å². The molecule has 428 valence electrons. The summed E-state index contributed by atoms with van der Waals surface area (Å²) in [5.41, 5.74) is 1.20. The first kappa shape index (κ1) is 56.2. The highest BCUT2D eigenvalue weighted by Gasteiger charge is 2.43. The highest BCUT2D eigenvalue weighted by molar-refractivity contribution is 6.05. The number of aryl methyl sites for hydroxylation is 2. The van der Waals surface area contributed by atoms with Crippen molar-refractivity contribution in [1.82, 2.24) is 39.9 Å². The van der Waals surface area contributed by atoms with E-state index in [0.717, 1.165) is 56.6 Å². The molecule has 5 aliphatic heterocycles. The van der Waals surface area contributed by atoms with Crippen LogP contribution in [0, 0.1) is 13.8 Å². The Kier molecular flexibility index (Phi) is 15.8. The molecule has 0 radical (unpaired) electrons. The number of aliphatic hydroxyl groups is 2. The van der Waals surface area contributed by atoms with E-state index in [4.69, 9.17) is 24.1 Å². The van der Waals surface area contributed by atoms with E-state index in [0.29, 0.717) is 60.5 Å². The van der Waals surface area contributed by atoms with Crippen molar-refractivity contribution in [3.05, 3.63) is 95.6 Å². The van der Waals surface area contributed by atoms with Crippen molar-refractivity contribution >= 4 is 47.0 Å². The standard InChI is InChI=1S/C28H30F3N7O4.C25H26F3N7O4/c1-16-22-24(35-23(33-16)17-6-4-7-18(12-17)28(29,30)31)38(19-8-5-11-37(22)13-19)26(39)36-25-32-10-9-21(34-25)40-14-20-15-41-27(2,3)42-20;1-14-20-22(32-21(30-14)15-4-2-5-16(10-15)25(26,27)28)35(17-6-3-9-34(20)11-17)24(38)33-23-29-8-7-19(31-23)39-13-18(37)12-36/h4,6-7,9-10,12,19-20H,5,8,11,13-15H2,1-3H3,(H,32,34,36,39);2,4-5,7-8,10,17-18,36-37H,3,6,9,11-13H2,1H3,(H,29,31,33,38)/t19-,20-;17-,18+/m00/s1. The number of rotatable bonds is 11. The molecule has 4 bridgehead atoms. The van der Waals surface area contributed by atoms with Crippen LogP contribution in [0.4, 0.5) is 70.8 Å². The number of ether oxygens (including phenoxy) is 4. The first-order chi connectivity index (χ1) is 38.6. The average Bonchev–Trinajstić information content (AvgIpc) is 3.50. The molecule has 2 aromatic carbocycles. The van der Waals surface area contributed by atoms with Gasteiger partial charge in [0.05, 0.1) is 47.8 Å². The molecule has 81 heavy (non-hydrogen) atoms. The summed E-state index contributed by atoms with van der Waals surface area (Å²) in [5.74, 6) is 0.432. The van der Waals surface area contributed by atoms with Crippen molar-refractivity contribution in [3.63, 3.8) is 0 Å². The summed E-state index contributed by atoms with van der Waals surface area (Å²) in [6.45, 7) is 9.72. The van der Waals surface area contributed by atoms with Crippen LogP contribution >= 0.6 is 0 Å². The number of aliphatic hydroxyl groups excluding tert-OH is 2. The quantitative estimate of drug-likeness (QED) is 0.0902. The lowest BCUT2D eigenvalue weighted by molar-refractivity contribution is -0.141. The molecule has 11 rings (SSSR count). The van der Waals surface area contributed by atoms with Gasteiger partial charge in [0.1, 0.15) is 36.8 Å². The highest BCUT2D eigenvalue weighted by atomic mass is 19.4. The Morgan fingerprint density at radius 3 is 1.64 bits per heavy atom. The van der Waals surface area contributed by atoms with Crippen molar-refractivity contribution in [3.8, 4) is 34.5 Å². The number of amides is 4. The monoisotopic (exact) mass is 1130 g/mol. The van der Waals surface area contributed by atoms with E-state index < -0.39 is 54.0 Å². The van der Waals surface area contributed by atoms with Crippen molar-refractivity contribution < 1.29 is 65.1 Å². The minimum atomic E-state index is -4.53. The molecule has 28 heteroatoms. The molecule has 4 N–H and O–H groups in total. The zero-order valence-electron chi connectivity index (χ0n) is 44.2. The van der Waals surface area contributed by atoms with Gasteiger partial charge in [-0.05, 0) is 77.6 Å². The van der Waals surface area contributed by atoms with Crippen molar-refractivity contribution in [1.29, 1.82) is 0 Å². The maximum absolute atomic E-state index is 13.8. The number of nitrogens with one attached hydrogen (secondary N) is 2. The topological polar surface area (TPSA) is 252 Å². The summed E-state index contributed by atoms with van der Waals surface area (Å²) >= 11 is 0. The number of carbonyl (C=O) groups excluding carboxylic acids is 2. The van der Waals surface area contributed by atoms with Gasteiger partial charge in [0.2, 0.25) is 23.7 Å². The number of urea groups is 2. The number of carbonyl (C=O) groups is 2. The smallest absolute Gasteiger partial charge is 0.416 e. The van der Waals surface area contributed by atoms with E-state index in [1.54, 1.807) is 24.8 Å². The molecule has 0 unspecified atom stereocenters. The van der Waals surface area contributed by atoms with Crippen molar-refractivity contribution in [2.75, 3.05) is 82.8 Å². The summed E-state index contributed by atoms with van der Waals surface area (Å²) in [4.78, 5) is 69.6. The van der Waals surface area contributed by atoms with E-state index in [9.17, 15) is 41.0 Å². The first-order valence-electron chi connectivity index (χ1n) is 26.0. The number of anilines is 6. The second kappa shape index (κ2) is 22.8. The predicted molar refractivity (Wildman–Crippen MR) is 281 cm³/mol. The molecule has 5 aliphatic rings. The molecular formula is C53H56F6N14O8. The molecule has 6 aromatic rings. The number of aromatic nitrogens is 8. The Morgan fingerprint density at radius 1 is 0.716 bits per heavy atom. The van der Waals surface area contributed by atoms with Crippen molar-refractivity contribution in [2.24, 2.45) is 0 Å². The van der Waals surface area contributed by atoms with Crippen LogP contribution in [0.25, 0.3) is 22.8 Å². The van der Waals surface area contributed by atoms with Crippen LogP contribution in [0.3, 0.4) is 0 Å². The van der Waals surface area contributed by atoms with Gasteiger partial charge in [-0.3, -0.25) is 20.4 Å². The zero-order chi connectivity index (χ0) is 57.4. The van der Waals surface area contributed by atoms with E-state index in [2.05, 4.69) is 60.3 Å². The van der Waals surface area contributed by atoms with Crippen molar-refractivity contribution in [2.45, 2.75) is 95.8 Å². The van der Waals surface area contributed by atoms with Crippen LogP contribution in [0.2, 0.25) is 0 Å². The summed E-state index contributed by atoms with van der Waals surface area (Å²) in [7, 11) is 0. The fourth-order valence-electron chi connectivity index (χ4n) is 10.2. The molecule has 3 saturated heterocycles. The summed E-state index contributed by atoms with van der Waals surface area (Å²) in [6.07, 6.45) is -4.44. The molecule has 9 heterocycles. The molecule has 0 saturated carbocycles. The molecule has 3 fully saturated rings. The predicted octanol–water partition coefficient (Wildman–Crippen LogP) is 7.83. The summed E-state index contributed by atoms with van der Waals surface area (Å²) in [5, 5.41) is 23.8. The maximum Gasteiger partial charge on any atom is 0.416 e. The fourth-order valence-corrected chi connectivity index (χ4v) is 10.2. The Morgan fingerprint density at radius 2 is 1.20 bits per heavy atom. The fraction of sp³-hybridized carbons (Fsp3) is 0.434. The van der Waals surface area contributed by atoms with E-state index in [-0.39, 0.29) is 77.8 Å². The van der Waals surface area contributed by atoms with Gasteiger partial charge in [0.25, 0.3) is 0 Å². The Hall–Kier alpha value is -8.08. The number of hydrogen-bond donors (Lipinski definition) is 4. The minimum absolute atomic E-state index is 0.0325. The van der Waals surface area contributed by atoms with Gasteiger partial charge in [-0.15, -0.1) is 0 Å². The molecule has 0 aliphatic carbocycles. The summed E-state index contributed by atoms with van der Waals surface area (Å²) < 4.78 is 103. The highest BCUT2D eigenvalue weighted by Crippen LogP contribution is 2.44. The number of halogens is 6. The van der Waals surface area contributed by atoms with Crippen LogP contribution < -0.4 is 39.7 Å². The number of piperidine rings is 2.